The third kappa shape index (κ3) is 4.47. The van der Waals surface area contributed by atoms with Crippen LogP contribution in [0.1, 0.15) is 28.4 Å². The third-order valence-corrected chi connectivity index (χ3v) is 6.26. The summed E-state index contributed by atoms with van der Waals surface area (Å²) in [5.74, 6) is -1.35. The van der Waals surface area contributed by atoms with Gasteiger partial charge in [-0.25, -0.2) is 9.67 Å². The fraction of sp³-hybridized carbons (Fsp3) is 0.273. The first kappa shape index (κ1) is 24.0. The van der Waals surface area contributed by atoms with Gasteiger partial charge in [0.05, 0.1) is 18.2 Å². The van der Waals surface area contributed by atoms with Crippen molar-refractivity contribution >= 4 is 35.1 Å². The zero-order chi connectivity index (χ0) is 24.7. The van der Waals surface area contributed by atoms with E-state index in [-0.39, 0.29) is 17.1 Å². The molecule has 0 N–H and O–H groups in total. The summed E-state index contributed by atoms with van der Waals surface area (Å²) in [5, 5.41) is 4.65. The number of nitrogens with zero attached hydrogens (tertiary/aromatic N) is 4. The Hall–Kier alpha value is -3.11. The van der Waals surface area contributed by atoms with Gasteiger partial charge in [-0.1, -0.05) is 29.3 Å². The molecule has 0 unspecified atom stereocenters. The van der Waals surface area contributed by atoms with Crippen LogP contribution >= 0.6 is 23.2 Å². The van der Waals surface area contributed by atoms with Crippen LogP contribution in [-0.4, -0.2) is 44.1 Å². The van der Waals surface area contributed by atoms with Crippen molar-refractivity contribution in [2.75, 3.05) is 6.54 Å². The highest BCUT2D eigenvalue weighted by Crippen LogP contribution is 2.42. The van der Waals surface area contributed by atoms with Crippen molar-refractivity contribution in [2.45, 2.75) is 31.3 Å². The van der Waals surface area contributed by atoms with Gasteiger partial charge in [0.1, 0.15) is 19.2 Å². The van der Waals surface area contributed by atoms with Gasteiger partial charge < -0.3 is 9.64 Å². The maximum absolute atomic E-state index is 13.3. The molecule has 1 amide bonds. The molecule has 2 aromatic carbocycles. The molecule has 4 rings (SSSR count). The second-order valence-electron chi connectivity index (χ2n) is 7.76. The minimum Gasteiger partial charge on any atom is -0.449 e. The second kappa shape index (κ2) is 8.92. The molecule has 0 spiro atoms. The Kier molecular flexibility index (Phi) is 6.30. The molecule has 0 bridgehead atoms. The number of morpholine rings is 1. The highest BCUT2D eigenvalue weighted by atomic mass is 35.5. The number of carbonyl (C=O) groups excluding carboxylic acids is 2. The number of esters is 1. The van der Waals surface area contributed by atoms with E-state index >= 15 is 0 Å². The lowest BCUT2D eigenvalue weighted by Gasteiger charge is -2.47. The van der Waals surface area contributed by atoms with Crippen LogP contribution in [0.5, 0.6) is 0 Å². The number of ether oxygens (including phenoxy) is 1. The molecule has 1 saturated heterocycles. The SMILES string of the molecule is C[C@H]1N(C(=O)c2ccc(C(F)(F)F)cc2)CC(=O)O[C@@]1(Cn1cncn1)c1ccc(Cl)cc1Cl. The quantitative estimate of drug-likeness (QED) is 0.478. The highest BCUT2D eigenvalue weighted by molar-refractivity contribution is 6.35. The Balaban J connectivity index is 1.77. The summed E-state index contributed by atoms with van der Waals surface area (Å²) in [5.41, 5.74) is -1.98. The van der Waals surface area contributed by atoms with Crippen LogP contribution in [0, 0.1) is 0 Å². The Morgan fingerprint density at radius 2 is 1.91 bits per heavy atom. The smallest absolute Gasteiger partial charge is 0.416 e. The predicted molar refractivity (Wildman–Crippen MR) is 116 cm³/mol. The van der Waals surface area contributed by atoms with E-state index in [0.29, 0.717) is 10.6 Å². The number of hydrogen-bond donors (Lipinski definition) is 0. The molecule has 3 aromatic rings. The Labute approximate surface area is 202 Å². The van der Waals surface area contributed by atoms with Crippen molar-refractivity contribution < 1.29 is 27.5 Å². The van der Waals surface area contributed by atoms with Crippen LogP contribution in [0.2, 0.25) is 10.0 Å². The number of hydrogen-bond acceptors (Lipinski definition) is 5. The van der Waals surface area contributed by atoms with E-state index in [1.54, 1.807) is 19.1 Å². The van der Waals surface area contributed by atoms with E-state index in [0.717, 1.165) is 24.3 Å². The number of aromatic nitrogens is 3. The number of alkyl halides is 3. The summed E-state index contributed by atoms with van der Waals surface area (Å²) in [7, 11) is 0. The van der Waals surface area contributed by atoms with E-state index < -0.39 is 41.8 Å². The molecule has 12 heteroatoms. The maximum atomic E-state index is 13.3. The summed E-state index contributed by atoms with van der Waals surface area (Å²) in [6.07, 6.45) is -1.82. The van der Waals surface area contributed by atoms with E-state index in [1.807, 2.05) is 0 Å². The van der Waals surface area contributed by atoms with Crippen LogP contribution < -0.4 is 0 Å². The largest absolute Gasteiger partial charge is 0.449 e. The van der Waals surface area contributed by atoms with Gasteiger partial charge in [-0.05, 0) is 43.3 Å². The fourth-order valence-electron chi connectivity index (χ4n) is 3.98. The van der Waals surface area contributed by atoms with Crippen molar-refractivity contribution in [1.82, 2.24) is 19.7 Å². The number of carbonyl (C=O) groups is 2. The first-order valence-corrected chi connectivity index (χ1v) is 10.7. The van der Waals surface area contributed by atoms with E-state index in [2.05, 4.69) is 10.1 Å². The van der Waals surface area contributed by atoms with Gasteiger partial charge in [0.15, 0.2) is 5.60 Å². The first-order valence-electron chi connectivity index (χ1n) is 9.99. The van der Waals surface area contributed by atoms with Crippen LogP contribution in [-0.2, 0) is 27.9 Å². The molecule has 0 radical (unpaired) electrons. The van der Waals surface area contributed by atoms with Crippen LogP contribution in [0.15, 0.2) is 55.1 Å². The Bertz CT molecular complexity index is 1220. The number of cyclic esters (lactones) is 1. The van der Waals surface area contributed by atoms with Crippen molar-refractivity contribution in [3.63, 3.8) is 0 Å². The lowest BCUT2D eigenvalue weighted by atomic mass is 9.84. The van der Waals surface area contributed by atoms with Crippen molar-refractivity contribution in [3.05, 3.63) is 81.9 Å². The lowest BCUT2D eigenvalue weighted by Crippen LogP contribution is -2.61. The number of benzene rings is 2. The second-order valence-corrected chi connectivity index (χ2v) is 8.61. The lowest BCUT2D eigenvalue weighted by molar-refractivity contribution is -0.186. The van der Waals surface area contributed by atoms with Crippen LogP contribution in [0.3, 0.4) is 0 Å². The molecule has 1 aromatic heterocycles. The summed E-state index contributed by atoms with van der Waals surface area (Å²) in [6, 6.07) is 7.65. The van der Waals surface area contributed by atoms with Gasteiger partial charge in [0.25, 0.3) is 5.91 Å². The number of halogens is 5. The molecule has 178 valence electrons. The van der Waals surface area contributed by atoms with Crippen LogP contribution in [0.25, 0.3) is 0 Å². The summed E-state index contributed by atoms with van der Waals surface area (Å²) < 4.78 is 46.1. The van der Waals surface area contributed by atoms with E-state index in [4.69, 9.17) is 27.9 Å². The van der Waals surface area contributed by atoms with Gasteiger partial charge in [-0.2, -0.15) is 18.3 Å². The molecule has 1 aliphatic heterocycles. The van der Waals surface area contributed by atoms with Crippen molar-refractivity contribution in [2.24, 2.45) is 0 Å². The Morgan fingerprint density at radius 1 is 1.21 bits per heavy atom. The van der Waals surface area contributed by atoms with E-state index in [9.17, 15) is 22.8 Å². The minimum absolute atomic E-state index is 0.00795. The molecular weight excluding hydrogens is 496 g/mol. The van der Waals surface area contributed by atoms with Gasteiger partial charge in [-0.3, -0.25) is 9.59 Å². The molecule has 0 saturated carbocycles. The fourth-order valence-corrected chi connectivity index (χ4v) is 4.55. The molecule has 1 aliphatic rings. The minimum atomic E-state index is -4.54. The first-order chi connectivity index (χ1) is 16.0. The van der Waals surface area contributed by atoms with E-state index in [1.165, 1.54) is 28.3 Å². The summed E-state index contributed by atoms with van der Waals surface area (Å²) >= 11 is 12.5. The molecule has 0 aliphatic carbocycles. The van der Waals surface area contributed by atoms with Crippen molar-refractivity contribution in [1.29, 1.82) is 0 Å². The average molecular weight is 513 g/mol. The zero-order valence-corrected chi connectivity index (χ0v) is 19.1. The molecule has 34 heavy (non-hydrogen) atoms. The molecule has 1 fully saturated rings. The van der Waals surface area contributed by atoms with Gasteiger partial charge in [-0.15, -0.1) is 0 Å². The number of amides is 1. The normalized spacial score (nSPS) is 20.8. The molecule has 7 nitrogen and oxygen atoms in total. The highest BCUT2D eigenvalue weighted by Gasteiger charge is 2.52. The van der Waals surface area contributed by atoms with Crippen LogP contribution in [0.4, 0.5) is 13.2 Å². The average Bonchev–Trinajstić information content (AvgIpc) is 3.28. The predicted octanol–water partition coefficient (Wildman–Crippen LogP) is 4.59. The summed E-state index contributed by atoms with van der Waals surface area (Å²) in [6.45, 7) is 1.24. The molecule has 2 heterocycles. The van der Waals surface area contributed by atoms with Gasteiger partial charge >= 0.3 is 12.1 Å². The molecule has 2 atom stereocenters. The standard InChI is InChI=1S/C22H17Cl2F3N4O3/c1-13-21(10-30-12-28-11-29-30,17-7-6-16(23)8-18(17)24)34-19(32)9-31(13)20(33)14-2-4-15(5-3-14)22(25,26)27/h2-8,11-13H,9-10H2,1H3/t13-,21-/m1/s1. The Morgan fingerprint density at radius 3 is 2.50 bits per heavy atom. The van der Waals surface area contributed by atoms with Crippen molar-refractivity contribution in [3.8, 4) is 0 Å². The van der Waals surface area contributed by atoms with Gasteiger partial charge in [0.2, 0.25) is 0 Å². The monoisotopic (exact) mass is 512 g/mol. The number of rotatable bonds is 4. The maximum Gasteiger partial charge on any atom is 0.416 e. The topological polar surface area (TPSA) is 77.3 Å². The third-order valence-electron chi connectivity index (χ3n) is 5.71. The van der Waals surface area contributed by atoms with Gasteiger partial charge in [0, 0.05) is 21.2 Å². The zero-order valence-electron chi connectivity index (χ0n) is 17.6. The molecular formula is C22H17Cl2F3N4O3. The summed E-state index contributed by atoms with van der Waals surface area (Å²) in [4.78, 5) is 31.2.